The van der Waals surface area contributed by atoms with Crippen molar-refractivity contribution in [3.63, 3.8) is 0 Å². The number of nitrogens with zero attached hydrogens (tertiary/aromatic N) is 3. The van der Waals surface area contributed by atoms with Crippen LogP contribution in [-0.4, -0.2) is 29.2 Å². The van der Waals surface area contributed by atoms with Gasteiger partial charge in [-0.3, -0.25) is 0 Å². The normalized spacial score (nSPS) is 23.4. The maximum Gasteiger partial charge on any atom is 0.160 e. The molecule has 1 saturated heterocycles. The molecule has 0 radical (unpaired) electrons. The number of aromatic nitrogens is 2. The molecule has 1 spiro atoms. The first-order valence-corrected chi connectivity index (χ1v) is 7.98. The van der Waals surface area contributed by atoms with Gasteiger partial charge in [-0.25, -0.2) is 4.98 Å². The van der Waals surface area contributed by atoms with E-state index in [-0.39, 0.29) is 5.54 Å². The Kier molecular flexibility index (Phi) is 3.00. The minimum atomic E-state index is 0.0920. The predicted molar refractivity (Wildman–Crippen MR) is 85.0 cm³/mol. The molecule has 0 saturated carbocycles. The Morgan fingerprint density at radius 2 is 2.29 bits per heavy atom. The second-order valence-electron chi connectivity index (χ2n) is 6.07. The standard InChI is InChI=1S/C17H22N4/c1-2-3-12-21-14-6-4-9-19-16(14)20-11-5-7-15(20)17(21)8-10-18-13-17/h4-7,9,11,18H,2-3,8,10,12-13H2,1H3. The summed E-state index contributed by atoms with van der Waals surface area (Å²) in [5.74, 6) is 1.08. The lowest BCUT2D eigenvalue weighted by Crippen LogP contribution is -2.52. The molecule has 2 aliphatic heterocycles. The zero-order valence-corrected chi connectivity index (χ0v) is 12.5. The average molecular weight is 282 g/mol. The van der Waals surface area contributed by atoms with E-state index in [0.29, 0.717) is 0 Å². The lowest BCUT2D eigenvalue weighted by molar-refractivity contribution is 0.399. The van der Waals surface area contributed by atoms with Gasteiger partial charge in [-0.15, -0.1) is 0 Å². The van der Waals surface area contributed by atoms with Crippen molar-refractivity contribution in [1.82, 2.24) is 14.9 Å². The number of anilines is 1. The molecule has 2 aliphatic rings. The molecule has 110 valence electrons. The van der Waals surface area contributed by atoms with Gasteiger partial charge in [-0.2, -0.15) is 0 Å². The summed E-state index contributed by atoms with van der Waals surface area (Å²) in [6, 6.07) is 8.70. The van der Waals surface area contributed by atoms with E-state index in [9.17, 15) is 0 Å². The van der Waals surface area contributed by atoms with Crippen LogP contribution in [0.25, 0.3) is 5.82 Å². The summed E-state index contributed by atoms with van der Waals surface area (Å²) in [5.41, 5.74) is 2.75. The number of hydrogen-bond donors (Lipinski definition) is 1. The third-order valence-electron chi connectivity index (χ3n) is 4.90. The highest BCUT2D eigenvalue weighted by Crippen LogP contribution is 2.45. The maximum atomic E-state index is 4.65. The lowest BCUT2D eigenvalue weighted by atomic mass is 9.88. The van der Waals surface area contributed by atoms with Gasteiger partial charge >= 0.3 is 0 Å². The van der Waals surface area contributed by atoms with Gasteiger partial charge in [0.15, 0.2) is 5.82 Å². The number of hydrogen-bond acceptors (Lipinski definition) is 3. The number of fused-ring (bicyclic) bond motifs is 4. The molecule has 4 heterocycles. The fourth-order valence-corrected chi connectivity index (χ4v) is 3.88. The molecule has 2 aromatic rings. The summed E-state index contributed by atoms with van der Waals surface area (Å²) in [6.45, 7) is 5.47. The second-order valence-corrected chi connectivity index (χ2v) is 6.07. The molecule has 4 nitrogen and oxygen atoms in total. The van der Waals surface area contributed by atoms with Crippen LogP contribution >= 0.6 is 0 Å². The van der Waals surface area contributed by atoms with Crippen LogP contribution < -0.4 is 10.2 Å². The third-order valence-corrected chi connectivity index (χ3v) is 4.90. The molecule has 0 aromatic carbocycles. The molecule has 1 fully saturated rings. The predicted octanol–water partition coefficient (Wildman–Crippen LogP) is 2.68. The van der Waals surface area contributed by atoms with Crippen LogP contribution in [0, 0.1) is 0 Å². The summed E-state index contributed by atoms with van der Waals surface area (Å²) in [4.78, 5) is 7.25. The first-order chi connectivity index (χ1) is 10.4. The van der Waals surface area contributed by atoms with Crippen molar-refractivity contribution in [2.45, 2.75) is 31.7 Å². The molecule has 0 bridgehead atoms. The van der Waals surface area contributed by atoms with E-state index in [1.165, 1.54) is 24.2 Å². The van der Waals surface area contributed by atoms with Gasteiger partial charge < -0.3 is 14.8 Å². The molecule has 21 heavy (non-hydrogen) atoms. The van der Waals surface area contributed by atoms with Crippen LogP contribution in [0.15, 0.2) is 36.7 Å². The number of nitrogens with one attached hydrogen (secondary N) is 1. The van der Waals surface area contributed by atoms with Gasteiger partial charge in [0, 0.05) is 25.5 Å². The van der Waals surface area contributed by atoms with Crippen LogP contribution in [0.3, 0.4) is 0 Å². The van der Waals surface area contributed by atoms with Gasteiger partial charge in [-0.05, 0) is 43.7 Å². The SMILES string of the molecule is CCCCN1c2cccnc2-n2cccc2C12CCNC2. The van der Waals surface area contributed by atoms with Crippen molar-refractivity contribution >= 4 is 5.69 Å². The Hall–Kier alpha value is -1.81. The number of rotatable bonds is 3. The van der Waals surface area contributed by atoms with Crippen LogP contribution in [0.2, 0.25) is 0 Å². The first kappa shape index (κ1) is 12.9. The van der Waals surface area contributed by atoms with Crippen LogP contribution in [0.1, 0.15) is 31.9 Å². The Labute approximate surface area is 125 Å². The van der Waals surface area contributed by atoms with E-state index in [4.69, 9.17) is 0 Å². The molecule has 1 atom stereocenters. The highest BCUT2D eigenvalue weighted by Gasteiger charge is 2.46. The minimum Gasteiger partial charge on any atom is -0.356 e. The molecule has 1 unspecified atom stereocenters. The lowest BCUT2D eigenvalue weighted by Gasteiger charge is -2.47. The average Bonchev–Trinajstić information content (AvgIpc) is 3.17. The highest BCUT2D eigenvalue weighted by molar-refractivity contribution is 5.66. The highest BCUT2D eigenvalue weighted by atomic mass is 15.3. The Morgan fingerprint density at radius 3 is 3.10 bits per heavy atom. The van der Waals surface area contributed by atoms with Crippen molar-refractivity contribution in [3.05, 3.63) is 42.4 Å². The summed E-state index contributed by atoms with van der Waals surface area (Å²) >= 11 is 0. The summed E-state index contributed by atoms with van der Waals surface area (Å²) in [5, 5.41) is 3.58. The van der Waals surface area contributed by atoms with Crippen LogP contribution in [0.4, 0.5) is 5.69 Å². The van der Waals surface area contributed by atoms with E-state index in [1.54, 1.807) is 0 Å². The van der Waals surface area contributed by atoms with Gasteiger partial charge in [0.25, 0.3) is 0 Å². The molecule has 4 rings (SSSR count). The Balaban J connectivity index is 1.91. The zero-order chi connectivity index (χ0) is 14.3. The number of unbranched alkanes of at least 4 members (excludes halogenated alkanes) is 1. The van der Waals surface area contributed by atoms with Gasteiger partial charge in [0.05, 0.1) is 16.9 Å². The van der Waals surface area contributed by atoms with Gasteiger partial charge in [0.2, 0.25) is 0 Å². The topological polar surface area (TPSA) is 33.1 Å². The van der Waals surface area contributed by atoms with Crippen molar-refractivity contribution in [2.75, 3.05) is 24.5 Å². The first-order valence-electron chi connectivity index (χ1n) is 7.98. The fraction of sp³-hybridized carbons (Fsp3) is 0.471. The molecule has 0 aliphatic carbocycles. The largest absolute Gasteiger partial charge is 0.356 e. The third kappa shape index (κ3) is 1.75. The van der Waals surface area contributed by atoms with E-state index in [0.717, 1.165) is 31.9 Å². The van der Waals surface area contributed by atoms with Crippen LogP contribution in [-0.2, 0) is 5.54 Å². The summed E-state index contributed by atoms with van der Waals surface area (Å²) in [6.07, 6.45) is 7.65. The molecular weight excluding hydrogens is 260 g/mol. The van der Waals surface area contributed by atoms with E-state index < -0.39 is 0 Å². The Morgan fingerprint density at radius 1 is 1.33 bits per heavy atom. The molecule has 4 heteroatoms. The maximum absolute atomic E-state index is 4.65. The molecule has 0 amide bonds. The monoisotopic (exact) mass is 282 g/mol. The smallest absolute Gasteiger partial charge is 0.160 e. The summed E-state index contributed by atoms with van der Waals surface area (Å²) in [7, 11) is 0. The number of pyridine rings is 1. The van der Waals surface area contributed by atoms with E-state index >= 15 is 0 Å². The molecular formula is C17H22N4. The van der Waals surface area contributed by atoms with E-state index in [1.807, 2.05) is 6.20 Å². The zero-order valence-electron chi connectivity index (χ0n) is 12.5. The van der Waals surface area contributed by atoms with Gasteiger partial charge in [-0.1, -0.05) is 13.3 Å². The molecule has 2 aromatic heterocycles. The molecule has 1 N–H and O–H groups in total. The van der Waals surface area contributed by atoms with Crippen LogP contribution in [0.5, 0.6) is 0 Å². The summed E-state index contributed by atoms with van der Waals surface area (Å²) < 4.78 is 2.28. The van der Waals surface area contributed by atoms with Crippen molar-refractivity contribution in [1.29, 1.82) is 0 Å². The quantitative estimate of drug-likeness (QED) is 0.939. The van der Waals surface area contributed by atoms with Gasteiger partial charge in [0.1, 0.15) is 0 Å². The van der Waals surface area contributed by atoms with E-state index in [2.05, 4.69) is 57.2 Å². The van der Waals surface area contributed by atoms with Crippen molar-refractivity contribution in [3.8, 4) is 5.82 Å². The fourth-order valence-electron chi connectivity index (χ4n) is 3.88. The Bertz CT molecular complexity index is 640. The van der Waals surface area contributed by atoms with Crippen molar-refractivity contribution < 1.29 is 0 Å². The second kappa shape index (κ2) is 4.88. The van der Waals surface area contributed by atoms with Crippen molar-refractivity contribution in [2.24, 2.45) is 0 Å². The minimum absolute atomic E-state index is 0.0920.